The summed E-state index contributed by atoms with van der Waals surface area (Å²) in [5.74, 6) is 0.370. The summed E-state index contributed by atoms with van der Waals surface area (Å²) < 4.78 is 4.25. The van der Waals surface area contributed by atoms with Crippen LogP contribution in [0, 0.1) is 7.14 Å². The molecule has 136 valence electrons. The topological polar surface area (TPSA) is 23.2 Å². The highest BCUT2D eigenvalue weighted by atomic mass is 127. The number of phenols is 1. The second-order valence-electron chi connectivity index (χ2n) is 7.20. The van der Waals surface area contributed by atoms with Crippen LogP contribution >= 0.6 is 45.2 Å². The van der Waals surface area contributed by atoms with Gasteiger partial charge in [0.1, 0.15) is 12.3 Å². The maximum absolute atomic E-state index is 10.00. The molecule has 0 radical (unpaired) electrons. The number of halogens is 2. The Hall–Kier alpha value is -0.890. The van der Waals surface area contributed by atoms with Crippen LogP contribution < -0.4 is 0 Å². The van der Waals surface area contributed by atoms with E-state index in [2.05, 4.69) is 107 Å². The molecule has 1 aliphatic heterocycles. The molecule has 1 heterocycles. The predicted molar refractivity (Wildman–Crippen MR) is 127 cm³/mol. The molecule has 0 aromatic heterocycles. The lowest BCUT2D eigenvalue weighted by Crippen LogP contribution is -2.27. The number of benzene rings is 2. The van der Waals surface area contributed by atoms with E-state index in [-0.39, 0.29) is 5.41 Å². The zero-order valence-electron chi connectivity index (χ0n) is 15.4. The van der Waals surface area contributed by atoms with Gasteiger partial charge in [-0.25, -0.2) is 0 Å². The van der Waals surface area contributed by atoms with Crippen molar-refractivity contribution in [3.8, 4) is 5.75 Å². The molecule has 3 rings (SSSR count). The summed E-state index contributed by atoms with van der Waals surface area (Å²) in [4.78, 5) is 0. The molecular formula is C22H24I2NO+. The van der Waals surface area contributed by atoms with Crippen LogP contribution in [0.5, 0.6) is 5.75 Å². The van der Waals surface area contributed by atoms with Gasteiger partial charge in [0, 0.05) is 24.1 Å². The average molecular weight is 572 g/mol. The molecule has 0 saturated carbocycles. The van der Waals surface area contributed by atoms with Crippen LogP contribution in [0.1, 0.15) is 44.7 Å². The van der Waals surface area contributed by atoms with Crippen molar-refractivity contribution in [3.05, 3.63) is 60.7 Å². The number of phenolic OH excluding ortho intramolecular Hbond substituents is 1. The number of rotatable bonds is 5. The number of hydrogen-bond acceptors (Lipinski definition) is 1. The van der Waals surface area contributed by atoms with E-state index >= 15 is 0 Å². The van der Waals surface area contributed by atoms with E-state index in [1.807, 2.05) is 12.1 Å². The fourth-order valence-electron chi connectivity index (χ4n) is 3.55. The van der Waals surface area contributed by atoms with Crippen LogP contribution in [0.4, 0.5) is 5.69 Å². The first-order chi connectivity index (χ1) is 12.4. The van der Waals surface area contributed by atoms with Crippen LogP contribution in [0.2, 0.25) is 0 Å². The van der Waals surface area contributed by atoms with Crippen LogP contribution in [-0.2, 0) is 5.41 Å². The molecule has 0 atom stereocenters. The summed E-state index contributed by atoms with van der Waals surface area (Å²) in [6, 6.07) is 12.8. The Morgan fingerprint density at radius 2 is 1.73 bits per heavy atom. The highest BCUT2D eigenvalue weighted by Crippen LogP contribution is 2.40. The Bertz CT molecular complexity index is 874. The number of para-hydroxylation sites is 1. The number of nitrogens with zero attached hydrogens (tertiary/aromatic N) is 1. The number of hydrogen-bond donors (Lipinski definition) is 1. The molecule has 0 aliphatic carbocycles. The van der Waals surface area contributed by atoms with Crippen LogP contribution in [-0.4, -0.2) is 21.9 Å². The van der Waals surface area contributed by atoms with Crippen molar-refractivity contribution in [3.63, 3.8) is 0 Å². The summed E-state index contributed by atoms with van der Waals surface area (Å²) in [5.41, 5.74) is 5.17. The minimum atomic E-state index is -0.0158. The standard InChI is InChI=1S/C22H23I2NO/c1-4-5-12-25-19-9-7-6-8-16(19)22(2,3)20(25)11-10-15-13-17(23)21(26)18(24)14-15/h6-11,13-14H,4-5,12H2,1-3H3/p+1. The largest absolute Gasteiger partial charge is 0.506 e. The highest BCUT2D eigenvalue weighted by Gasteiger charge is 2.43. The molecule has 4 heteroatoms. The van der Waals surface area contributed by atoms with Crippen molar-refractivity contribution < 1.29 is 9.68 Å². The molecule has 0 spiro atoms. The van der Waals surface area contributed by atoms with Gasteiger partial charge in [-0.2, -0.15) is 4.58 Å². The van der Waals surface area contributed by atoms with E-state index in [0.717, 1.165) is 19.2 Å². The van der Waals surface area contributed by atoms with Crippen molar-refractivity contribution in [1.82, 2.24) is 0 Å². The van der Waals surface area contributed by atoms with Gasteiger partial charge in [-0.05, 0) is 82.8 Å². The van der Waals surface area contributed by atoms with E-state index in [1.165, 1.54) is 29.8 Å². The van der Waals surface area contributed by atoms with E-state index in [4.69, 9.17) is 0 Å². The average Bonchev–Trinajstić information content (AvgIpc) is 2.83. The lowest BCUT2D eigenvalue weighted by atomic mass is 9.81. The highest BCUT2D eigenvalue weighted by molar-refractivity contribution is 14.1. The number of fused-ring (bicyclic) bond motifs is 1. The van der Waals surface area contributed by atoms with Gasteiger partial charge >= 0.3 is 0 Å². The molecule has 1 N–H and O–H groups in total. The molecule has 1 aliphatic rings. The summed E-state index contributed by atoms with van der Waals surface area (Å²) in [5, 5.41) is 10.00. The molecule has 2 aromatic carbocycles. The third-order valence-electron chi connectivity index (χ3n) is 5.01. The third-order valence-corrected chi connectivity index (χ3v) is 6.65. The van der Waals surface area contributed by atoms with Crippen LogP contribution in [0.25, 0.3) is 6.08 Å². The first kappa shape index (κ1) is 19.9. The van der Waals surface area contributed by atoms with Gasteiger partial charge in [0.25, 0.3) is 0 Å². The molecule has 0 bridgehead atoms. The van der Waals surface area contributed by atoms with Gasteiger partial charge < -0.3 is 5.11 Å². The van der Waals surface area contributed by atoms with Crippen molar-refractivity contribution in [2.45, 2.75) is 39.0 Å². The van der Waals surface area contributed by atoms with Gasteiger partial charge in [-0.15, -0.1) is 0 Å². The van der Waals surface area contributed by atoms with Crippen molar-refractivity contribution in [2.24, 2.45) is 0 Å². The van der Waals surface area contributed by atoms with Crippen LogP contribution in [0.15, 0.2) is 42.5 Å². The summed E-state index contributed by atoms with van der Waals surface area (Å²) >= 11 is 4.37. The fraction of sp³-hybridized carbons (Fsp3) is 0.318. The molecule has 0 unspecified atom stereocenters. The second kappa shape index (κ2) is 8.00. The molecule has 2 aromatic rings. The minimum absolute atomic E-state index is 0.0158. The number of unbranched alkanes of at least 4 members (excludes halogenated alkanes) is 1. The Morgan fingerprint density at radius 3 is 2.38 bits per heavy atom. The second-order valence-corrected chi connectivity index (χ2v) is 9.52. The lowest BCUT2D eigenvalue weighted by Gasteiger charge is -2.15. The molecule has 2 nitrogen and oxygen atoms in total. The maximum atomic E-state index is 10.00. The van der Waals surface area contributed by atoms with Gasteiger partial charge in [-0.1, -0.05) is 31.5 Å². The third kappa shape index (κ3) is 3.72. The summed E-state index contributed by atoms with van der Waals surface area (Å²) in [6.45, 7) is 7.90. The van der Waals surface area contributed by atoms with Gasteiger partial charge in [-0.3, -0.25) is 0 Å². The molecule has 0 amide bonds. The Kier molecular flexibility index (Phi) is 6.11. The fourth-order valence-corrected chi connectivity index (χ4v) is 5.37. The van der Waals surface area contributed by atoms with Gasteiger partial charge in [0.05, 0.1) is 12.6 Å². The van der Waals surface area contributed by atoms with Gasteiger partial charge in [0.2, 0.25) is 5.69 Å². The number of allylic oxidation sites excluding steroid dienone is 1. The Morgan fingerprint density at radius 1 is 1.08 bits per heavy atom. The normalized spacial score (nSPS) is 15.7. The Labute approximate surface area is 183 Å². The smallest absolute Gasteiger partial charge is 0.209 e. The first-order valence-electron chi connectivity index (χ1n) is 8.96. The maximum Gasteiger partial charge on any atom is 0.209 e. The van der Waals surface area contributed by atoms with Crippen LogP contribution in [0.3, 0.4) is 0 Å². The van der Waals surface area contributed by atoms with Gasteiger partial charge in [0.15, 0.2) is 5.71 Å². The van der Waals surface area contributed by atoms with Crippen molar-refractivity contribution in [2.75, 3.05) is 6.54 Å². The monoisotopic (exact) mass is 572 g/mol. The summed E-state index contributed by atoms with van der Waals surface area (Å²) in [6.07, 6.45) is 6.79. The minimum Gasteiger partial charge on any atom is -0.506 e. The molecule has 26 heavy (non-hydrogen) atoms. The zero-order chi connectivity index (χ0) is 18.9. The first-order valence-corrected chi connectivity index (χ1v) is 11.1. The zero-order valence-corrected chi connectivity index (χ0v) is 19.7. The predicted octanol–water partition coefficient (Wildman–Crippen LogP) is 6.49. The SMILES string of the molecule is CCCC[N+]1=C(C=Cc2cc(I)c(O)c(I)c2)C(C)(C)c2ccccc21. The van der Waals surface area contributed by atoms with E-state index in [1.54, 1.807) is 0 Å². The Balaban J connectivity index is 2.06. The molecule has 0 fully saturated rings. The van der Waals surface area contributed by atoms with E-state index in [9.17, 15) is 5.11 Å². The lowest BCUT2D eigenvalue weighted by molar-refractivity contribution is -0.438. The quantitative estimate of drug-likeness (QED) is 0.322. The number of aromatic hydroxyl groups is 1. The van der Waals surface area contributed by atoms with E-state index in [0.29, 0.717) is 5.75 Å². The summed E-state index contributed by atoms with van der Waals surface area (Å²) in [7, 11) is 0. The van der Waals surface area contributed by atoms with Crippen molar-refractivity contribution >= 4 is 62.7 Å². The molecular weight excluding hydrogens is 548 g/mol. The van der Waals surface area contributed by atoms with Crippen molar-refractivity contribution in [1.29, 1.82) is 0 Å². The molecule has 0 saturated heterocycles. The van der Waals surface area contributed by atoms with E-state index < -0.39 is 0 Å².